The lowest BCUT2D eigenvalue weighted by Gasteiger charge is -2.13. The Labute approximate surface area is 109 Å². The molecular formula is C11H14BrClN2O. The lowest BCUT2D eigenvalue weighted by atomic mass is 10.2. The third-order valence-electron chi connectivity index (χ3n) is 2.65. The Bertz CT molecular complexity index is 375. The van der Waals surface area contributed by atoms with Gasteiger partial charge in [-0.1, -0.05) is 11.6 Å². The average Bonchev–Trinajstić information content (AvgIpc) is 2.66. The Morgan fingerprint density at radius 3 is 3.12 bits per heavy atom. The van der Waals surface area contributed by atoms with Gasteiger partial charge in [0.1, 0.15) is 0 Å². The summed E-state index contributed by atoms with van der Waals surface area (Å²) in [5.74, 6) is 0. The van der Waals surface area contributed by atoms with Crippen LogP contribution in [-0.2, 0) is 4.74 Å². The smallest absolute Gasteiger partial charge is 0.152 e. The number of anilines is 1. The Hall–Kier alpha value is -0.320. The van der Waals surface area contributed by atoms with Gasteiger partial charge < -0.3 is 10.1 Å². The molecule has 2 rings (SSSR count). The van der Waals surface area contributed by atoms with Gasteiger partial charge in [-0.3, -0.25) is 0 Å². The summed E-state index contributed by atoms with van der Waals surface area (Å²) in [6.45, 7) is 2.88. The van der Waals surface area contributed by atoms with Crippen LogP contribution in [0, 0.1) is 0 Å². The van der Waals surface area contributed by atoms with Crippen molar-refractivity contribution >= 4 is 33.2 Å². The van der Waals surface area contributed by atoms with E-state index >= 15 is 0 Å². The first-order valence-corrected chi connectivity index (χ1v) is 6.52. The van der Waals surface area contributed by atoms with Crippen LogP contribution in [0.25, 0.3) is 0 Å². The highest BCUT2D eigenvalue weighted by atomic mass is 79.9. The molecule has 1 fully saturated rings. The number of rotatable bonds is 3. The summed E-state index contributed by atoms with van der Waals surface area (Å²) < 4.78 is 6.63. The molecule has 16 heavy (non-hydrogen) atoms. The average molecular weight is 306 g/mol. The lowest BCUT2D eigenvalue weighted by Crippen LogP contribution is -2.20. The Kier molecular flexibility index (Phi) is 4.05. The summed E-state index contributed by atoms with van der Waals surface area (Å²) in [5.41, 5.74) is 0.846. The van der Waals surface area contributed by atoms with Crippen LogP contribution in [0.4, 0.5) is 5.69 Å². The van der Waals surface area contributed by atoms with Gasteiger partial charge in [-0.15, -0.1) is 0 Å². The lowest BCUT2D eigenvalue weighted by molar-refractivity contribution is 0.0637. The molecule has 1 aliphatic rings. The topological polar surface area (TPSA) is 34.2 Å². The first-order chi connectivity index (χ1) is 7.65. The molecule has 1 aromatic rings. The number of ether oxygens (including phenoxy) is 1. The van der Waals surface area contributed by atoms with Gasteiger partial charge in [0.25, 0.3) is 0 Å². The predicted octanol–water partition coefficient (Wildman–Crippen LogP) is 3.48. The first-order valence-electron chi connectivity index (χ1n) is 5.35. The maximum atomic E-state index is 5.98. The summed E-state index contributed by atoms with van der Waals surface area (Å²) in [4.78, 5) is 4.05. The summed E-state index contributed by atoms with van der Waals surface area (Å²) in [7, 11) is 0. The molecule has 1 aliphatic heterocycles. The van der Waals surface area contributed by atoms with Gasteiger partial charge in [-0.05, 0) is 41.8 Å². The normalized spacial score (nSPS) is 24.7. The van der Waals surface area contributed by atoms with Crippen LogP contribution in [-0.4, -0.2) is 23.7 Å². The van der Waals surface area contributed by atoms with Gasteiger partial charge in [0, 0.05) is 17.2 Å². The van der Waals surface area contributed by atoms with E-state index in [0.29, 0.717) is 11.3 Å². The fourth-order valence-electron chi connectivity index (χ4n) is 1.81. The van der Waals surface area contributed by atoms with Crippen LogP contribution in [0.15, 0.2) is 16.7 Å². The zero-order valence-corrected chi connectivity index (χ0v) is 11.4. The summed E-state index contributed by atoms with van der Waals surface area (Å²) in [6.07, 6.45) is 4.58. The third-order valence-corrected chi connectivity index (χ3v) is 3.38. The number of hydrogen-bond acceptors (Lipinski definition) is 3. The van der Waals surface area contributed by atoms with Gasteiger partial charge in [0.05, 0.1) is 17.9 Å². The van der Waals surface area contributed by atoms with Gasteiger partial charge in [0.2, 0.25) is 0 Å². The van der Waals surface area contributed by atoms with Crippen molar-refractivity contribution in [1.29, 1.82) is 0 Å². The predicted molar refractivity (Wildman–Crippen MR) is 69.0 cm³/mol. The molecule has 0 saturated carbocycles. The molecule has 0 spiro atoms. The van der Waals surface area contributed by atoms with Gasteiger partial charge in [0.15, 0.2) is 5.15 Å². The van der Waals surface area contributed by atoms with Crippen LogP contribution < -0.4 is 5.32 Å². The number of nitrogens with zero attached hydrogens (tertiary/aromatic N) is 1. The van der Waals surface area contributed by atoms with Gasteiger partial charge >= 0.3 is 0 Å². The summed E-state index contributed by atoms with van der Waals surface area (Å²) >= 11 is 9.34. The standard InChI is InChI=1S/C11H14BrClN2O/c1-7-2-3-9(16-7)6-14-10-4-8(12)5-15-11(10)13/h4-5,7,9,14H,2-3,6H2,1H3. The Balaban J connectivity index is 1.91. The molecule has 0 aliphatic carbocycles. The van der Waals surface area contributed by atoms with E-state index in [-0.39, 0.29) is 6.10 Å². The molecule has 2 atom stereocenters. The van der Waals surface area contributed by atoms with Crippen LogP contribution in [0.5, 0.6) is 0 Å². The molecule has 5 heteroatoms. The maximum absolute atomic E-state index is 5.98. The number of hydrogen-bond donors (Lipinski definition) is 1. The highest BCUT2D eigenvalue weighted by Crippen LogP contribution is 2.24. The Morgan fingerprint density at radius 2 is 2.44 bits per heavy atom. The monoisotopic (exact) mass is 304 g/mol. The largest absolute Gasteiger partial charge is 0.380 e. The minimum atomic E-state index is 0.282. The van der Waals surface area contributed by atoms with E-state index in [2.05, 4.69) is 33.2 Å². The Morgan fingerprint density at radius 1 is 1.62 bits per heavy atom. The van der Waals surface area contributed by atoms with Gasteiger partial charge in [-0.25, -0.2) is 4.98 Å². The quantitative estimate of drug-likeness (QED) is 0.868. The molecule has 1 N–H and O–H groups in total. The first kappa shape index (κ1) is 12.1. The second kappa shape index (κ2) is 5.34. The minimum absolute atomic E-state index is 0.282. The van der Waals surface area contributed by atoms with Crippen molar-refractivity contribution in [3.63, 3.8) is 0 Å². The van der Waals surface area contributed by atoms with E-state index in [1.165, 1.54) is 0 Å². The number of halogens is 2. The van der Waals surface area contributed by atoms with Crippen LogP contribution in [0.1, 0.15) is 19.8 Å². The van der Waals surface area contributed by atoms with Crippen molar-refractivity contribution in [2.24, 2.45) is 0 Å². The SMILES string of the molecule is CC1CCC(CNc2cc(Br)cnc2Cl)O1. The van der Waals surface area contributed by atoms with Crippen molar-refractivity contribution in [2.75, 3.05) is 11.9 Å². The number of aromatic nitrogens is 1. The second-order valence-corrected chi connectivity index (χ2v) is 5.29. The second-order valence-electron chi connectivity index (χ2n) is 4.02. The summed E-state index contributed by atoms with van der Waals surface area (Å²) in [5, 5.41) is 3.76. The molecule has 2 unspecified atom stereocenters. The highest BCUT2D eigenvalue weighted by Gasteiger charge is 2.21. The van der Waals surface area contributed by atoms with Crippen molar-refractivity contribution in [2.45, 2.75) is 32.0 Å². The van der Waals surface area contributed by atoms with Crippen LogP contribution in [0.3, 0.4) is 0 Å². The van der Waals surface area contributed by atoms with Crippen molar-refractivity contribution in [1.82, 2.24) is 4.98 Å². The van der Waals surface area contributed by atoms with E-state index in [4.69, 9.17) is 16.3 Å². The van der Waals surface area contributed by atoms with E-state index in [0.717, 1.165) is 29.5 Å². The zero-order valence-electron chi connectivity index (χ0n) is 9.04. The molecule has 0 amide bonds. The van der Waals surface area contributed by atoms with Gasteiger partial charge in [-0.2, -0.15) is 0 Å². The third kappa shape index (κ3) is 3.09. The van der Waals surface area contributed by atoms with Crippen molar-refractivity contribution in [3.8, 4) is 0 Å². The molecule has 2 heterocycles. The maximum Gasteiger partial charge on any atom is 0.152 e. The van der Waals surface area contributed by atoms with E-state index in [9.17, 15) is 0 Å². The van der Waals surface area contributed by atoms with Crippen LogP contribution >= 0.6 is 27.5 Å². The molecule has 1 aromatic heterocycles. The molecule has 0 radical (unpaired) electrons. The molecule has 88 valence electrons. The summed E-state index contributed by atoms with van der Waals surface area (Å²) in [6, 6.07) is 1.92. The number of pyridine rings is 1. The zero-order chi connectivity index (χ0) is 11.5. The molecule has 0 bridgehead atoms. The highest BCUT2D eigenvalue weighted by molar-refractivity contribution is 9.10. The van der Waals surface area contributed by atoms with E-state index < -0.39 is 0 Å². The molecule has 1 saturated heterocycles. The van der Waals surface area contributed by atoms with Crippen molar-refractivity contribution < 1.29 is 4.74 Å². The fraction of sp³-hybridized carbons (Fsp3) is 0.545. The van der Waals surface area contributed by atoms with Crippen molar-refractivity contribution in [3.05, 3.63) is 21.9 Å². The molecule has 0 aromatic carbocycles. The number of nitrogens with one attached hydrogen (secondary N) is 1. The van der Waals surface area contributed by atoms with Crippen LogP contribution in [0.2, 0.25) is 5.15 Å². The fourth-order valence-corrected chi connectivity index (χ4v) is 2.31. The minimum Gasteiger partial charge on any atom is -0.380 e. The van der Waals surface area contributed by atoms with E-state index in [1.54, 1.807) is 6.20 Å². The van der Waals surface area contributed by atoms with E-state index in [1.807, 2.05) is 6.07 Å². The molecular weight excluding hydrogens is 291 g/mol. The molecule has 3 nitrogen and oxygen atoms in total.